The Balaban J connectivity index is 1.84. The molecule has 0 saturated carbocycles. The number of carbonyl (C=O) groups excluding carboxylic acids is 2. The van der Waals surface area contributed by atoms with Crippen molar-refractivity contribution < 1.29 is 19.1 Å². The molecule has 1 aromatic heterocycles. The summed E-state index contributed by atoms with van der Waals surface area (Å²) in [4.78, 5) is 25.3. The van der Waals surface area contributed by atoms with E-state index < -0.39 is 0 Å². The molecule has 154 valence electrons. The van der Waals surface area contributed by atoms with Gasteiger partial charge in [0.1, 0.15) is 0 Å². The van der Waals surface area contributed by atoms with Crippen molar-refractivity contribution in [2.24, 2.45) is 5.10 Å². The maximum atomic E-state index is 12.9. The summed E-state index contributed by atoms with van der Waals surface area (Å²) in [5, 5.41) is 13.5. The van der Waals surface area contributed by atoms with Gasteiger partial charge in [0.15, 0.2) is 11.5 Å². The molecule has 1 aliphatic heterocycles. The van der Waals surface area contributed by atoms with Crippen LogP contribution in [0, 0.1) is 0 Å². The predicted molar refractivity (Wildman–Crippen MR) is 112 cm³/mol. The largest absolute Gasteiger partial charge is 0.493 e. The first-order chi connectivity index (χ1) is 14.1. The van der Waals surface area contributed by atoms with Crippen LogP contribution in [0.5, 0.6) is 11.5 Å². The molecule has 3 rings (SSSR count). The first kappa shape index (κ1) is 20.8. The molecule has 0 aliphatic carbocycles. The molecule has 1 aromatic carbocycles. The molecule has 2 heterocycles. The first-order valence-corrected chi connectivity index (χ1v) is 10.0. The van der Waals surface area contributed by atoms with Crippen LogP contribution in [0.25, 0.3) is 0 Å². The second kappa shape index (κ2) is 9.53. The summed E-state index contributed by atoms with van der Waals surface area (Å²) >= 11 is 1.59. The molecule has 0 saturated heterocycles. The number of hydrogen-bond donors (Lipinski definition) is 2. The third kappa shape index (κ3) is 4.75. The van der Waals surface area contributed by atoms with E-state index in [9.17, 15) is 9.59 Å². The molecule has 0 unspecified atom stereocenters. The van der Waals surface area contributed by atoms with Gasteiger partial charge >= 0.3 is 0 Å². The smallest absolute Gasteiger partial charge is 0.257 e. The lowest BCUT2D eigenvalue weighted by Crippen LogP contribution is -2.39. The molecule has 1 atom stereocenters. The van der Waals surface area contributed by atoms with E-state index in [2.05, 4.69) is 15.7 Å². The number of benzene rings is 1. The van der Waals surface area contributed by atoms with Crippen LogP contribution in [0.4, 0.5) is 0 Å². The molecular weight excluding hydrogens is 392 g/mol. The van der Waals surface area contributed by atoms with E-state index in [1.54, 1.807) is 32.6 Å². The van der Waals surface area contributed by atoms with E-state index in [0.29, 0.717) is 17.9 Å². The minimum Gasteiger partial charge on any atom is -0.493 e. The molecule has 2 aromatic rings. The lowest BCUT2D eigenvalue weighted by Gasteiger charge is -2.23. The molecule has 0 radical (unpaired) electrons. The van der Waals surface area contributed by atoms with Gasteiger partial charge in [0.25, 0.3) is 5.91 Å². The number of hydrogen-bond acceptors (Lipinski definition) is 7. The highest BCUT2D eigenvalue weighted by molar-refractivity contribution is 7.12. The minimum absolute atomic E-state index is 0.0123. The van der Waals surface area contributed by atoms with Gasteiger partial charge in [-0.05, 0) is 29.1 Å². The molecule has 2 N–H and O–H groups in total. The molecule has 1 aliphatic rings. The van der Waals surface area contributed by atoms with Gasteiger partial charge in [-0.2, -0.15) is 5.10 Å². The molecule has 0 bridgehead atoms. The van der Waals surface area contributed by atoms with Gasteiger partial charge in [0.2, 0.25) is 5.91 Å². The van der Waals surface area contributed by atoms with Crippen LogP contribution in [0.15, 0.2) is 40.8 Å². The fraction of sp³-hybridized carbons (Fsp3) is 0.350. The number of ether oxygens (including phenoxy) is 2. The average Bonchev–Trinajstić information content (AvgIpc) is 3.42. The van der Waals surface area contributed by atoms with Crippen LogP contribution in [0.1, 0.15) is 22.9 Å². The zero-order chi connectivity index (χ0) is 20.8. The van der Waals surface area contributed by atoms with Crippen molar-refractivity contribution >= 4 is 28.9 Å². The van der Waals surface area contributed by atoms with Gasteiger partial charge in [-0.25, -0.2) is 5.01 Å². The van der Waals surface area contributed by atoms with Crippen LogP contribution in [0.2, 0.25) is 0 Å². The van der Waals surface area contributed by atoms with Crippen molar-refractivity contribution in [3.8, 4) is 11.5 Å². The molecule has 29 heavy (non-hydrogen) atoms. The van der Waals surface area contributed by atoms with Crippen molar-refractivity contribution in [2.75, 3.05) is 34.4 Å². The van der Waals surface area contributed by atoms with E-state index in [0.717, 1.165) is 16.2 Å². The highest BCUT2D eigenvalue weighted by atomic mass is 32.1. The molecule has 8 nitrogen and oxygen atoms in total. The van der Waals surface area contributed by atoms with Crippen LogP contribution in [-0.4, -0.2) is 56.9 Å². The Morgan fingerprint density at radius 1 is 1.21 bits per heavy atom. The van der Waals surface area contributed by atoms with E-state index in [4.69, 9.17) is 9.47 Å². The third-order valence-electron chi connectivity index (χ3n) is 4.60. The van der Waals surface area contributed by atoms with Crippen molar-refractivity contribution in [3.63, 3.8) is 0 Å². The SMILES string of the molecule is CNC(=O)CNCC(=O)N1N=C(c2cccs2)C[C@@H]1c1ccc(OC)c(OC)c1. The van der Waals surface area contributed by atoms with Gasteiger partial charge in [-0.15, -0.1) is 11.3 Å². The Morgan fingerprint density at radius 3 is 2.66 bits per heavy atom. The number of thiophene rings is 1. The van der Waals surface area contributed by atoms with Crippen LogP contribution in [-0.2, 0) is 9.59 Å². The van der Waals surface area contributed by atoms with Crippen molar-refractivity contribution in [3.05, 3.63) is 46.2 Å². The van der Waals surface area contributed by atoms with Crippen LogP contribution >= 0.6 is 11.3 Å². The second-order valence-corrected chi connectivity index (χ2v) is 7.32. The van der Waals surface area contributed by atoms with Gasteiger partial charge < -0.3 is 14.8 Å². The van der Waals surface area contributed by atoms with Crippen molar-refractivity contribution in [1.82, 2.24) is 15.6 Å². The van der Waals surface area contributed by atoms with Crippen molar-refractivity contribution in [2.45, 2.75) is 12.5 Å². The van der Waals surface area contributed by atoms with E-state index in [1.165, 1.54) is 5.01 Å². The number of carbonyl (C=O) groups is 2. The summed E-state index contributed by atoms with van der Waals surface area (Å²) in [6, 6.07) is 9.30. The normalized spacial score (nSPS) is 15.8. The fourth-order valence-electron chi connectivity index (χ4n) is 3.10. The van der Waals surface area contributed by atoms with Gasteiger partial charge in [-0.3, -0.25) is 14.9 Å². The zero-order valence-electron chi connectivity index (χ0n) is 16.6. The monoisotopic (exact) mass is 416 g/mol. The van der Waals surface area contributed by atoms with E-state index >= 15 is 0 Å². The minimum atomic E-state index is -0.263. The Labute approximate surface area is 173 Å². The highest BCUT2D eigenvalue weighted by Crippen LogP contribution is 2.37. The molecule has 9 heteroatoms. The number of likely N-dealkylation sites (N-methyl/N-ethyl adjacent to an activating group) is 1. The Bertz CT molecular complexity index is 898. The molecule has 0 fully saturated rings. The average molecular weight is 417 g/mol. The third-order valence-corrected chi connectivity index (χ3v) is 5.52. The second-order valence-electron chi connectivity index (χ2n) is 6.37. The van der Waals surface area contributed by atoms with Gasteiger partial charge in [0, 0.05) is 13.5 Å². The summed E-state index contributed by atoms with van der Waals surface area (Å²) in [5.41, 5.74) is 1.76. The highest BCUT2D eigenvalue weighted by Gasteiger charge is 2.33. The van der Waals surface area contributed by atoms with Crippen molar-refractivity contribution in [1.29, 1.82) is 0 Å². The molecule has 2 amide bonds. The standard InChI is InChI=1S/C20H24N4O4S/c1-21-19(25)11-22-12-20(26)24-15(10-14(23-24)18-5-4-8-29-18)13-6-7-16(27-2)17(9-13)28-3/h4-9,15,22H,10-12H2,1-3H3,(H,21,25)/t15-/m1/s1. The summed E-state index contributed by atoms with van der Waals surface area (Å²) in [5.74, 6) is 0.831. The maximum absolute atomic E-state index is 12.9. The number of hydrazone groups is 1. The number of methoxy groups -OCH3 is 2. The summed E-state index contributed by atoms with van der Waals surface area (Å²) < 4.78 is 10.7. The van der Waals surface area contributed by atoms with Gasteiger partial charge in [0.05, 0.1) is 43.9 Å². The molecule has 0 spiro atoms. The number of nitrogens with one attached hydrogen (secondary N) is 2. The van der Waals surface area contributed by atoms with Crippen LogP contribution in [0.3, 0.4) is 0 Å². The number of nitrogens with zero attached hydrogens (tertiary/aromatic N) is 2. The predicted octanol–water partition coefficient (Wildman–Crippen LogP) is 1.78. The Hall–Kier alpha value is -2.91. The molecular formula is C20H24N4O4S. The van der Waals surface area contributed by atoms with Gasteiger partial charge in [-0.1, -0.05) is 12.1 Å². The summed E-state index contributed by atoms with van der Waals surface area (Å²) in [6.07, 6.45) is 0.594. The van der Waals surface area contributed by atoms with E-state index in [1.807, 2.05) is 35.7 Å². The van der Waals surface area contributed by atoms with Crippen LogP contribution < -0.4 is 20.1 Å². The topological polar surface area (TPSA) is 92.3 Å². The Kier molecular flexibility index (Phi) is 6.84. The lowest BCUT2D eigenvalue weighted by molar-refractivity contribution is -0.132. The summed E-state index contributed by atoms with van der Waals surface area (Å²) in [6.45, 7) is 0.0804. The zero-order valence-corrected chi connectivity index (χ0v) is 17.4. The first-order valence-electron chi connectivity index (χ1n) is 9.14. The Morgan fingerprint density at radius 2 is 2.00 bits per heavy atom. The summed E-state index contributed by atoms with van der Waals surface area (Å²) in [7, 11) is 4.71. The quantitative estimate of drug-likeness (QED) is 0.684. The fourth-order valence-corrected chi connectivity index (χ4v) is 3.82. The van der Waals surface area contributed by atoms with E-state index in [-0.39, 0.29) is 30.9 Å². The maximum Gasteiger partial charge on any atom is 0.257 e. The number of rotatable bonds is 8. The lowest BCUT2D eigenvalue weighted by atomic mass is 10.0. The number of amides is 2.